The molecule has 0 saturated heterocycles. The van der Waals surface area contributed by atoms with Crippen LogP contribution in [-0.2, 0) is 11.4 Å². The first-order chi connectivity index (χ1) is 9.69. The normalized spacial score (nSPS) is 11.9. The van der Waals surface area contributed by atoms with Crippen molar-refractivity contribution in [1.82, 2.24) is 4.98 Å². The zero-order chi connectivity index (χ0) is 14.1. The number of nitrogens with zero attached hydrogens (tertiary/aromatic N) is 3. The van der Waals surface area contributed by atoms with Gasteiger partial charge in [-0.15, -0.1) is 0 Å². The van der Waals surface area contributed by atoms with Crippen molar-refractivity contribution in [3.63, 3.8) is 0 Å². The van der Waals surface area contributed by atoms with Gasteiger partial charge >= 0.3 is 0 Å². The van der Waals surface area contributed by atoms with E-state index in [2.05, 4.69) is 24.3 Å². The molecule has 0 unspecified atom stereocenters. The monoisotopic (exact) mass is 325 g/mol. The van der Waals surface area contributed by atoms with Gasteiger partial charge in [0.15, 0.2) is 0 Å². The molecule has 0 radical (unpaired) electrons. The number of anilines is 3. The van der Waals surface area contributed by atoms with E-state index < -0.39 is 0 Å². The molecule has 8 heteroatoms. The molecule has 2 aromatic rings. The molecule has 2 N–H and O–H groups in total. The molecule has 2 heterocycles. The number of hydrogen-bond donors (Lipinski definition) is 2. The van der Waals surface area contributed by atoms with E-state index in [1.54, 1.807) is 18.5 Å². The molecule has 3 rings (SSSR count). The fourth-order valence-electron chi connectivity index (χ4n) is 1.78. The first kappa shape index (κ1) is 13.4. The predicted octanol–water partition coefficient (Wildman–Crippen LogP) is 4.90. The second kappa shape index (κ2) is 5.40. The van der Waals surface area contributed by atoms with Crippen LogP contribution in [0.2, 0.25) is 10.0 Å². The third-order valence-electron chi connectivity index (χ3n) is 2.74. The van der Waals surface area contributed by atoms with E-state index in [9.17, 15) is 0 Å². The lowest BCUT2D eigenvalue weighted by atomic mass is 10.2. The van der Waals surface area contributed by atoms with Gasteiger partial charge in [-0.25, -0.2) is 0 Å². The van der Waals surface area contributed by atoms with E-state index in [1.165, 1.54) is 0 Å². The predicted molar refractivity (Wildman–Crippen MR) is 85.1 cm³/mol. The van der Waals surface area contributed by atoms with E-state index >= 15 is 0 Å². The van der Waals surface area contributed by atoms with Gasteiger partial charge in [-0.2, -0.15) is 8.73 Å². The van der Waals surface area contributed by atoms with Crippen molar-refractivity contribution in [1.29, 1.82) is 0 Å². The van der Waals surface area contributed by atoms with Crippen LogP contribution in [0.3, 0.4) is 0 Å². The number of nitrogens with one attached hydrogen (secondary N) is 2. The Balaban J connectivity index is 2.03. The maximum Gasteiger partial charge on any atom is 0.131 e. The minimum atomic E-state index is 0.491. The molecule has 0 saturated carbocycles. The number of hydrogen-bond acceptors (Lipinski definition) is 5. The van der Waals surface area contributed by atoms with Crippen molar-refractivity contribution in [2.45, 2.75) is 0 Å². The number of rotatable bonds is 3. The lowest BCUT2D eigenvalue weighted by Gasteiger charge is -2.12. The number of halogens is 2. The summed E-state index contributed by atoms with van der Waals surface area (Å²) in [5.41, 5.74) is 3.67. The summed E-state index contributed by atoms with van der Waals surface area (Å²) >= 11 is 13.4. The molecule has 0 amide bonds. The van der Waals surface area contributed by atoms with Crippen LogP contribution in [0.5, 0.6) is 0 Å². The van der Waals surface area contributed by atoms with Crippen LogP contribution in [0, 0.1) is 0 Å². The van der Waals surface area contributed by atoms with Gasteiger partial charge in [0.1, 0.15) is 11.4 Å². The lowest BCUT2D eigenvalue weighted by molar-refractivity contribution is 1.30. The second-order valence-electron chi connectivity index (χ2n) is 4.01. The number of aromatic nitrogens is 1. The number of pyridine rings is 1. The molecule has 102 valence electrons. The highest BCUT2D eigenvalue weighted by atomic mass is 35.5. The fourth-order valence-corrected chi connectivity index (χ4v) is 2.94. The summed E-state index contributed by atoms with van der Waals surface area (Å²) in [4.78, 5) is 4.14. The summed E-state index contributed by atoms with van der Waals surface area (Å²) in [5.74, 6) is 0. The zero-order valence-corrected chi connectivity index (χ0v) is 12.6. The highest BCUT2D eigenvalue weighted by molar-refractivity contribution is 7.58. The van der Waals surface area contributed by atoms with Crippen molar-refractivity contribution < 1.29 is 0 Å². The average Bonchev–Trinajstić information content (AvgIpc) is 2.93. The Kier molecular flexibility index (Phi) is 3.60. The SMILES string of the molecule is CNc1cncc(Nc2c(Cl)cc(Cl)c3c2N=S=N3)c1. The van der Waals surface area contributed by atoms with Crippen LogP contribution in [0.1, 0.15) is 0 Å². The average molecular weight is 326 g/mol. The Morgan fingerprint density at radius 3 is 2.55 bits per heavy atom. The Morgan fingerprint density at radius 1 is 1.00 bits per heavy atom. The fraction of sp³-hybridized carbons (Fsp3) is 0.0833. The molecule has 1 aliphatic rings. The van der Waals surface area contributed by atoms with Crippen LogP contribution < -0.4 is 10.6 Å². The summed E-state index contributed by atoms with van der Waals surface area (Å²) in [5, 5.41) is 7.22. The largest absolute Gasteiger partial charge is 0.387 e. The molecular weight excluding hydrogens is 317 g/mol. The molecule has 0 spiro atoms. The summed E-state index contributed by atoms with van der Waals surface area (Å²) in [6.07, 6.45) is 3.44. The lowest BCUT2D eigenvalue weighted by Crippen LogP contribution is -1.95. The molecule has 0 atom stereocenters. The Morgan fingerprint density at radius 2 is 1.75 bits per heavy atom. The highest BCUT2D eigenvalue weighted by Crippen LogP contribution is 2.48. The van der Waals surface area contributed by atoms with Crippen LogP contribution in [-0.4, -0.2) is 12.0 Å². The van der Waals surface area contributed by atoms with E-state index in [-0.39, 0.29) is 0 Å². The van der Waals surface area contributed by atoms with Crippen molar-refractivity contribution in [2.24, 2.45) is 8.73 Å². The number of benzene rings is 1. The van der Waals surface area contributed by atoms with Gasteiger partial charge in [-0.3, -0.25) is 4.98 Å². The van der Waals surface area contributed by atoms with Gasteiger partial charge in [0, 0.05) is 7.05 Å². The third-order valence-corrected chi connectivity index (χ3v) is 3.85. The second-order valence-corrected chi connectivity index (χ2v) is 5.36. The first-order valence-electron chi connectivity index (χ1n) is 5.69. The summed E-state index contributed by atoms with van der Waals surface area (Å²) in [6.45, 7) is 0. The Bertz CT molecular complexity index is 756. The van der Waals surface area contributed by atoms with Gasteiger partial charge in [0.2, 0.25) is 0 Å². The smallest absolute Gasteiger partial charge is 0.131 e. The molecule has 0 bridgehead atoms. The quantitative estimate of drug-likeness (QED) is 0.719. The minimum Gasteiger partial charge on any atom is -0.387 e. The van der Waals surface area contributed by atoms with E-state index in [0.717, 1.165) is 22.7 Å². The molecule has 0 aliphatic carbocycles. The summed E-state index contributed by atoms with van der Waals surface area (Å²) in [6, 6.07) is 3.58. The first-order valence-corrected chi connectivity index (χ1v) is 7.18. The van der Waals surface area contributed by atoms with Gasteiger partial charge in [-0.05, 0) is 12.1 Å². The summed E-state index contributed by atoms with van der Waals surface area (Å²) in [7, 11) is 1.83. The molecule has 1 aliphatic heterocycles. The molecule has 1 aromatic carbocycles. The minimum absolute atomic E-state index is 0.491. The van der Waals surface area contributed by atoms with Gasteiger partial charge < -0.3 is 10.6 Å². The van der Waals surface area contributed by atoms with Gasteiger partial charge in [0.05, 0.1) is 50.9 Å². The van der Waals surface area contributed by atoms with Gasteiger partial charge in [0.25, 0.3) is 0 Å². The Hall–Kier alpha value is -1.63. The van der Waals surface area contributed by atoms with Crippen LogP contribution in [0.25, 0.3) is 0 Å². The van der Waals surface area contributed by atoms with Gasteiger partial charge in [-0.1, -0.05) is 23.2 Å². The topological polar surface area (TPSA) is 61.7 Å². The Labute approximate surface area is 129 Å². The zero-order valence-electron chi connectivity index (χ0n) is 10.3. The third kappa shape index (κ3) is 2.37. The van der Waals surface area contributed by atoms with E-state index in [0.29, 0.717) is 27.1 Å². The maximum atomic E-state index is 6.24. The number of fused-ring (bicyclic) bond motifs is 1. The van der Waals surface area contributed by atoms with Crippen molar-refractivity contribution in [3.8, 4) is 0 Å². The maximum absolute atomic E-state index is 6.24. The standard InChI is InChI=1S/C12H9Cl2N5S/c1-15-6-2-7(5-16-4-6)17-10-8(13)3-9(14)11-12(10)19-20-18-11/h2-5,15,17H,1H3. The highest BCUT2D eigenvalue weighted by Gasteiger charge is 2.18. The molecular formula is C12H9Cl2N5S. The molecule has 20 heavy (non-hydrogen) atoms. The van der Waals surface area contributed by atoms with Crippen LogP contribution in [0.15, 0.2) is 33.3 Å². The van der Waals surface area contributed by atoms with Crippen LogP contribution in [0.4, 0.5) is 28.4 Å². The molecule has 1 aromatic heterocycles. The molecule has 0 fully saturated rings. The van der Waals surface area contributed by atoms with Crippen molar-refractivity contribution in [3.05, 3.63) is 34.6 Å². The summed E-state index contributed by atoms with van der Waals surface area (Å²) < 4.78 is 8.41. The molecule has 5 nitrogen and oxygen atoms in total. The van der Waals surface area contributed by atoms with Crippen molar-refractivity contribution >= 4 is 63.0 Å². The van der Waals surface area contributed by atoms with E-state index in [1.807, 2.05) is 13.1 Å². The van der Waals surface area contributed by atoms with Crippen LogP contribution >= 0.6 is 23.2 Å². The van der Waals surface area contributed by atoms with E-state index in [4.69, 9.17) is 23.2 Å². The van der Waals surface area contributed by atoms with Crippen molar-refractivity contribution in [2.75, 3.05) is 17.7 Å².